The van der Waals surface area contributed by atoms with E-state index >= 15 is 0 Å². The van der Waals surface area contributed by atoms with Gasteiger partial charge in [0.1, 0.15) is 5.03 Å². The summed E-state index contributed by atoms with van der Waals surface area (Å²) in [6, 6.07) is 2.01. The van der Waals surface area contributed by atoms with Crippen LogP contribution in [0.1, 0.15) is 29.7 Å². The van der Waals surface area contributed by atoms with E-state index in [4.69, 9.17) is 15.9 Å². The summed E-state index contributed by atoms with van der Waals surface area (Å²) in [5.41, 5.74) is 8.83. The predicted molar refractivity (Wildman–Crippen MR) is 80.7 cm³/mol. The average Bonchev–Trinajstić information content (AvgIpc) is 2.91. The standard InChI is InChI=1S/C14H17N5OS/c1-19-8-10(7-16-19)21-14-11(13(15)18-20)6-9-4-2-3-5-12(9)17-14/h6-8,20H,2-5H2,1H3,(H2,15,18). The van der Waals surface area contributed by atoms with Gasteiger partial charge in [0.2, 0.25) is 0 Å². The number of nitrogens with zero attached hydrogens (tertiary/aromatic N) is 4. The fourth-order valence-electron chi connectivity index (χ4n) is 2.49. The third-order valence-corrected chi connectivity index (χ3v) is 4.50. The molecule has 0 saturated heterocycles. The van der Waals surface area contributed by atoms with Crippen LogP contribution in [0.4, 0.5) is 0 Å². The maximum Gasteiger partial charge on any atom is 0.172 e. The highest BCUT2D eigenvalue weighted by atomic mass is 32.2. The van der Waals surface area contributed by atoms with Crippen molar-refractivity contribution in [2.75, 3.05) is 0 Å². The molecular formula is C14H17N5OS. The van der Waals surface area contributed by atoms with Crippen LogP contribution in [0.5, 0.6) is 0 Å². The highest BCUT2D eigenvalue weighted by Gasteiger charge is 2.18. The second-order valence-corrected chi connectivity index (χ2v) is 6.15. The Labute approximate surface area is 127 Å². The number of amidine groups is 1. The Balaban J connectivity index is 2.03. The van der Waals surface area contributed by atoms with Crippen molar-refractivity contribution < 1.29 is 5.21 Å². The summed E-state index contributed by atoms with van der Waals surface area (Å²) in [7, 11) is 1.87. The van der Waals surface area contributed by atoms with E-state index in [1.54, 1.807) is 10.9 Å². The van der Waals surface area contributed by atoms with Gasteiger partial charge in [0, 0.05) is 18.9 Å². The van der Waals surface area contributed by atoms with Gasteiger partial charge in [-0.15, -0.1) is 0 Å². The van der Waals surface area contributed by atoms with E-state index in [0.717, 1.165) is 28.5 Å². The minimum Gasteiger partial charge on any atom is -0.409 e. The lowest BCUT2D eigenvalue weighted by Crippen LogP contribution is -2.17. The predicted octanol–water partition coefficient (Wildman–Crippen LogP) is 1.94. The highest BCUT2D eigenvalue weighted by Crippen LogP contribution is 2.32. The summed E-state index contributed by atoms with van der Waals surface area (Å²) >= 11 is 1.49. The zero-order valence-electron chi connectivity index (χ0n) is 11.8. The Bertz CT molecular complexity index is 695. The number of aromatic nitrogens is 3. The molecule has 0 saturated carbocycles. The molecule has 0 bridgehead atoms. The van der Waals surface area contributed by atoms with Gasteiger partial charge in [0.05, 0.1) is 16.7 Å². The lowest BCUT2D eigenvalue weighted by atomic mass is 9.95. The number of oxime groups is 1. The Hall–Kier alpha value is -2.02. The van der Waals surface area contributed by atoms with Gasteiger partial charge in [0.15, 0.2) is 5.84 Å². The topological polar surface area (TPSA) is 89.3 Å². The molecule has 0 spiro atoms. The third-order valence-electron chi connectivity index (χ3n) is 3.55. The van der Waals surface area contributed by atoms with Crippen molar-refractivity contribution in [1.29, 1.82) is 0 Å². The molecule has 3 rings (SSSR count). The number of aryl methyl sites for hydroxylation is 3. The second-order valence-electron chi connectivity index (χ2n) is 5.09. The number of hydrogen-bond donors (Lipinski definition) is 2. The van der Waals surface area contributed by atoms with Gasteiger partial charge in [-0.2, -0.15) is 5.10 Å². The van der Waals surface area contributed by atoms with Crippen LogP contribution in [0, 0.1) is 0 Å². The van der Waals surface area contributed by atoms with Crippen LogP contribution in [-0.2, 0) is 19.9 Å². The van der Waals surface area contributed by atoms with E-state index < -0.39 is 0 Å². The largest absolute Gasteiger partial charge is 0.409 e. The van der Waals surface area contributed by atoms with Crippen LogP contribution in [0.3, 0.4) is 0 Å². The molecule has 7 heteroatoms. The van der Waals surface area contributed by atoms with Crippen molar-refractivity contribution in [3.8, 4) is 0 Å². The van der Waals surface area contributed by atoms with Crippen LogP contribution in [0.25, 0.3) is 0 Å². The van der Waals surface area contributed by atoms with Gasteiger partial charge in [0.25, 0.3) is 0 Å². The Kier molecular flexibility index (Phi) is 3.83. The summed E-state index contributed by atoms with van der Waals surface area (Å²) in [4.78, 5) is 5.72. The third kappa shape index (κ3) is 2.87. The average molecular weight is 303 g/mol. The molecule has 0 atom stereocenters. The van der Waals surface area contributed by atoms with Gasteiger partial charge < -0.3 is 10.9 Å². The van der Waals surface area contributed by atoms with Gasteiger partial charge >= 0.3 is 0 Å². The lowest BCUT2D eigenvalue weighted by molar-refractivity contribution is 0.318. The molecule has 6 nitrogen and oxygen atoms in total. The minimum absolute atomic E-state index is 0.0993. The number of hydrogen-bond acceptors (Lipinski definition) is 5. The smallest absolute Gasteiger partial charge is 0.172 e. The first-order valence-corrected chi connectivity index (χ1v) is 7.66. The minimum atomic E-state index is 0.0993. The van der Waals surface area contributed by atoms with Gasteiger partial charge in [-0.1, -0.05) is 16.9 Å². The van der Waals surface area contributed by atoms with Crippen molar-refractivity contribution in [3.05, 3.63) is 35.3 Å². The molecule has 21 heavy (non-hydrogen) atoms. The van der Waals surface area contributed by atoms with Crippen LogP contribution in [0.15, 0.2) is 33.5 Å². The molecule has 3 N–H and O–H groups in total. The van der Waals surface area contributed by atoms with Crippen LogP contribution in [-0.4, -0.2) is 25.8 Å². The van der Waals surface area contributed by atoms with Crippen molar-refractivity contribution >= 4 is 17.6 Å². The molecule has 2 heterocycles. The summed E-state index contributed by atoms with van der Waals surface area (Å²) < 4.78 is 1.74. The van der Waals surface area contributed by atoms with Crippen LogP contribution < -0.4 is 5.73 Å². The van der Waals surface area contributed by atoms with Crippen LogP contribution >= 0.6 is 11.8 Å². The second kappa shape index (κ2) is 5.77. The SMILES string of the molecule is Cn1cc(Sc2nc3c(cc2C(N)=NO)CCCC3)cn1. The Morgan fingerprint density at radius 2 is 2.24 bits per heavy atom. The zero-order valence-corrected chi connectivity index (χ0v) is 12.6. The molecule has 0 radical (unpaired) electrons. The molecule has 0 fully saturated rings. The zero-order chi connectivity index (χ0) is 14.8. The maximum absolute atomic E-state index is 9.00. The lowest BCUT2D eigenvalue weighted by Gasteiger charge is -2.17. The Morgan fingerprint density at radius 1 is 1.43 bits per heavy atom. The molecule has 0 unspecified atom stereocenters. The van der Waals surface area contributed by atoms with Gasteiger partial charge in [-0.25, -0.2) is 4.98 Å². The summed E-state index contributed by atoms with van der Waals surface area (Å²) in [5, 5.41) is 17.0. The van der Waals surface area contributed by atoms with Crippen molar-refractivity contribution in [3.63, 3.8) is 0 Å². The van der Waals surface area contributed by atoms with Crippen molar-refractivity contribution in [1.82, 2.24) is 14.8 Å². The molecule has 0 amide bonds. The van der Waals surface area contributed by atoms with Crippen molar-refractivity contribution in [2.24, 2.45) is 17.9 Å². The van der Waals surface area contributed by atoms with Crippen molar-refractivity contribution in [2.45, 2.75) is 35.6 Å². The quantitative estimate of drug-likeness (QED) is 0.391. The molecule has 2 aromatic rings. The fourth-order valence-corrected chi connectivity index (χ4v) is 3.45. The number of fused-ring (bicyclic) bond motifs is 1. The molecule has 1 aliphatic carbocycles. The fraction of sp³-hybridized carbons (Fsp3) is 0.357. The molecular weight excluding hydrogens is 286 g/mol. The summed E-state index contributed by atoms with van der Waals surface area (Å²) in [6.45, 7) is 0. The van der Waals surface area contributed by atoms with Crippen LogP contribution in [0.2, 0.25) is 0 Å². The number of pyridine rings is 1. The van der Waals surface area contributed by atoms with E-state index in [2.05, 4.69) is 10.3 Å². The number of rotatable bonds is 3. The monoisotopic (exact) mass is 303 g/mol. The van der Waals surface area contributed by atoms with Gasteiger partial charge in [-0.3, -0.25) is 4.68 Å². The molecule has 0 aromatic carbocycles. The first-order valence-electron chi connectivity index (χ1n) is 6.84. The molecule has 110 valence electrons. The normalized spacial score (nSPS) is 15.0. The first-order chi connectivity index (χ1) is 10.2. The molecule has 0 aliphatic heterocycles. The highest BCUT2D eigenvalue weighted by molar-refractivity contribution is 7.99. The van der Waals surface area contributed by atoms with E-state index in [0.29, 0.717) is 5.56 Å². The summed E-state index contributed by atoms with van der Waals surface area (Å²) in [6.07, 6.45) is 8.03. The molecule has 2 aromatic heterocycles. The van der Waals surface area contributed by atoms with E-state index in [-0.39, 0.29) is 5.84 Å². The van der Waals surface area contributed by atoms with E-state index in [1.165, 1.54) is 30.2 Å². The summed E-state index contributed by atoms with van der Waals surface area (Å²) in [5.74, 6) is 0.0993. The first kappa shape index (κ1) is 13.9. The maximum atomic E-state index is 9.00. The van der Waals surface area contributed by atoms with E-state index in [1.807, 2.05) is 19.3 Å². The number of nitrogens with two attached hydrogens (primary N) is 1. The van der Waals surface area contributed by atoms with E-state index in [9.17, 15) is 0 Å². The molecule has 1 aliphatic rings. The van der Waals surface area contributed by atoms with Gasteiger partial charge in [-0.05, 0) is 37.3 Å². The Morgan fingerprint density at radius 3 is 2.95 bits per heavy atom.